The number of amides is 2. The summed E-state index contributed by atoms with van der Waals surface area (Å²) in [4.78, 5) is 25.3. The van der Waals surface area contributed by atoms with Gasteiger partial charge in [0.25, 0.3) is 5.91 Å². The highest BCUT2D eigenvalue weighted by Gasteiger charge is 2.15. The Balaban J connectivity index is 1.55. The largest absolute Gasteiger partial charge is 0.467 e. The fraction of sp³-hybridized carbons (Fsp3) is 0.250. The number of furan rings is 1. The zero-order valence-corrected chi connectivity index (χ0v) is 16.5. The number of aryl methyl sites for hydroxylation is 2. The molecule has 0 saturated heterocycles. The lowest BCUT2D eigenvalue weighted by Gasteiger charge is -2.10. The number of rotatable bonds is 8. The molecule has 7 nitrogen and oxygen atoms in total. The minimum Gasteiger partial charge on any atom is -0.467 e. The molecular formula is C20H21N3O4S. The van der Waals surface area contributed by atoms with Gasteiger partial charge in [0.05, 0.1) is 30.6 Å². The normalized spacial score (nSPS) is 10.6. The highest BCUT2D eigenvalue weighted by molar-refractivity contribution is 7.98. The lowest BCUT2D eigenvalue weighted by Crippen LogP contribution is -2.36. The molecule has 146 valence electrons. The summed E-state index contributed by atoms with van der Waals surface area (Å²) in [6.45, 7) is 3.94. The fourth-order valence-electron chi connectivity index (χ4n) is 2.56. The summed E-state index contributed by atoms with van der Waals surface area (Å²) in [5.41, 5.74) is 2.40. The van der Waals surface area contributed by atoms with Gasteiger partial charge in [-0.1, -0.05) is 17.3 Å². The number of carbonyl (C=O) groups excluding carboxylic acids is 2. The van der Waals surface area contributed by atoms with E-state index in [1.54, 1.807) is 30.5 Å². The first-order chi connectivity index (χ1) is 13.5. The lowest BCUT2D eigenvalue weighted by atomic mass is 10.2. The van der Waals surface area contributed by atoms with Crippen LogP contribution in [-0.4, -0.2) is 23.5 Å². The number of nitrogens with one attached hydrogen (secondary N) is 2. The molecule has 8 heteroatoms. The van der Waals surface area contributed by atoms with Crippen LogP contribution in [0.25, 0.3) is 0 Å². The summed E-state index contributed by atoms with van der Waals surface area (Å²) in [6.07, 6.45) is 1.54. The maximum absolute atomic E-state index is 12.5. The van der Waals surface area contributed by atoms with E-state index >= 15 is 0 Å². The van der Waals surface area contributed by atoms with Gasteiger partial charge in [-0.15, -0.1) is 11.8 Å². The summed E-state index contributed by atoms with van der Waals surface area (Å²) >= 11 is 1.53. The molecule has 0 spiro atoms. The third-order valence-electron chi connectivity index (χ3n) is 4.13. The first-order valence-corrected chi connectivity index (χ1v) is 9.74. The second-order valence-corrected chi connectivity index (χ2v) is 7.14. The van der Waals surface area contributed by atoms with Crippen molar-refractivity contribution in [3.8, 4) is 0 Å². The fourth-order valence-corrected chi connectivity index (χ4v) is 3.76. The van der Waals surface area contributed by atoms with Crippen molar-refractivity contribution in [3.63, 3.8) is 0 Å². The molecule has 0 saturated carbocycles. The molecule has 2 heterocycles. The van der Waals surface area contributed by atoms with Crippen LogP contribution in [0.5, 0.6) is 0 Å². The minimum absolute atomic E-state index is 0.109. The molecule has 0 unspecified atom stereocenters. The van der Waals surface area contributed by atoms with Gasteiger partial charge in [0.1, 0.15) is 11.5 Å². The van der Waals surface area contributed by atoms with E-state index in [9.17, 15) is 9.59 Å². The van der Waals surface area contributed by atoms with Crippen LogP contribution in [0.15, 0.2) is 56.5 Å². The van der Waals surface area contributed by atoms with Crippen LogP contribution < -0.4 is 10.6 Å². The van der Waals surface area contributed by atoms with Crippen molar-refractivity contribution in [1.82, 2.24) is 15.8 Å². The Hall–Kier alpha value is -3.00. The first kappa shape index (κ1) is 19.8. The van der Waals surface area contributed by atoms with Gasteiger partial charge in [-0.3, -0.25) is 9.59 Å². The van der Waals surface area contributed by atoms with Gasteiger partial charge in [-0.25, -0.2) is 0 Å². The molecule has 0 bridgehead atoms. The van der Waals surface area contributed by atoms with Gasteiger partial charge in [-0.2, -0.15) is 0 Å². The highest BCUT2D eigenvalue weighted by atomic mass is 32.2. The number of benzene rings is 1. The highest BCUT2D eigenvalue weighted by Crippen LogP contribution is 2.28. The smallest absolute Gasteiger partial charge is 0.252 e. The van der Waals surface area contributed by atoms with Crippen molar-refractivity contribution in [3.05, 3.63) is 71.0 Å². The Kier molecular flexibility index (Phi) is 6.54. The lowest BCUT2D eigenvalue weighted by molar-refractivity contribution is -0.120. The van der Waals surface area contributed by atoms with Gasteiger partial charge in [0, 0.05) is 16.2 Å². The topological polar surface area (TPSA) is 97.4 Å². The average Bonchev–Trinajstić information content (AvgIpc) is 3.33. The van der Waals surface area contributed by atoms with Crippen LogP contribution in [0.3, 0.4) is 0 Å². The standard InChI is InChI=1S/C20H21N3O4S/c1-13-17(14(2)27-23-13)12-28-18-8-4-3-7-16(18)20(25)22-11-19(24)21-10-15-6-5-9-26-15/h3-9H,10-12H2,1-2H3,(H,21,24)(H,22,25). The van der Waals surface area contributed by atoms with Crippen molar-refractivity contribution in [2.75, 3.05) is 6.54 Å². The molecule has 1 aromatic carbocycles. The van der Waals surface area contributed by atoms with Crippen LogP contribution in [0.2, 0.25) is 0 Å². The summed E-state index contributed by atoms with van der Waals surface area (Å²) in [5, 5.41) is 9.30. The summed E-state index contributed by atoms with van der Waals surface area (Å²) in [5.74, 6) is 1.50. The molecule has 0 aliphatic rings. The van der Waals surface area contributed by atoms with E-state index in [-0.39, 0.29) is 24.9 Å². The Bertz CT molecular complexity index is 931. The Labute approximate surface area is 166 Å². The Morgan fingerprint density at radius 1 is 1.11 bits per heavy atom. The van der Waals surface area contributed by atoms with E-state index in [0.29, 0.717) is 17.1 Å². The molecule has 28 heavy (non-hydrogen) atoms. The van der Waals surface area contributed by atoms with Gasteiger partial charge < -0.3 is 19.6 Å². The van der Waals surface area contributed by atoms with Crippen LogP contribution in [-0.2, 0) is 17.1 Å². The minimum atomic E-state index is -0.296. The molecule has 0 fully saturated rings. The number of hydrogen-bond donors (Lipinski definition) is 2. The van der Waals surface area contributed by atoms with Gasteiger partial charge in [0.15, 0.2) is 0 Å². The predicted molar refractivity (Wildman–Crippen MR) is 105 cm³/mol. The van der Waals surface area contributed by atoms with Crippen LogP contribution in [0, 0.1) is 13.8 Å². The number of aromatic nitrogens is 1. The van der Waals surface area contributed by atoms with Gasteiger partial charge in [0.2, 0.25) is 5.91 Å². The SMILES string of the molecule is Cc1noc(C)c1CSc1ccccc1C(=O)NCC(=O)NCc1ccco1. The second kappa shape index (κ2) is 9.27. The molecule has 0 radical (unpaired) electrons. The van der Waals surface area contributed by atoms with Crippen LogP contribution >= 0.6 is 11.8 Å². The maximum Gasteiger partial charge on any atom is 0.252 e. The second-order valence-electron chi connectivity index (χ2n) is 6.13. The molecule has 0 aliphatic heterocycles. The van der Waals surface area contributed by atoms with Gasteiger partial charge >= 0.3 is 0 Å². The number of nitrogens with zero attached hydrogens (tertiary/aromatic N) is 1. The summed E-state index contributed by atoms with van der Waals surface area (Å²) in [7, 11) is 0. The third kappa shape index (κ3) is 5.04. The van der Waals surface area contributed by atoms with E-state index < -0.39 is 0 Å². The molecule has 0 atom stereocenters. The van der Waals surface area contributed by atoms with Crippen molar-refractivity contribution in [2.45, 2.75) is 31.0 Å². The van der Waals surface area contributed by atoms with Crippen molar-refractivity contribution in [2.24, 2.45) is 0 Å². The number of carbonyl (C=O) groups is 2. The average molecular weight is 399 g/mol. The molecule has 0 aliphatic carbocycles. The van der Waals surface area contributed by atoms with Crippen LogP contribution in [0.4, 0.5) is 0 Å². The molecule has 3 aromatic rings. The van der Waals surface area contributed by atoms with Gasteiger partial charge in [-0.05, 0) is 38.1 Å². The van der Waals surface area contributed by atoms with E-state index in [1.165, 1.54) is 11.8 Å². The van der Waals surface area contributed by atoms with E-state index in [0.717, 1.165) is 21.9 Å². The number of thioether (sulfide) groups is 1. The molecular weight excluding hydrogens is 378 g/mol. The van der Waals surface area contributed by atoms with Crippen molar-refractivity contribution < 1.29 is 18.5 Å². The summed E-state index contributed by atoms with van der Waals surface area (Å²) < 4.78 is 10.3. The Morgan fingerprint density at radius 3 is 2.64 bits per heavy atom. The third-order valence-corrected chi connectivity index (χ3v) is 5.23. The zero-order valence-electron chi connectivity index (χ0n) is 15.7. The molecule has 2 aromatic heterocycles. The van der Waals surface area contributed by atoms with Crippen molar-refractivity contribution >= 4 is 23.6 Å². The first-order valence-electron chi connectivity index (χ1n) is 8.75. The van der Waals surface area contributed by atoms with E-state index in [1.807, 2.05) is 26.0 Å². The predicted octanol–water partition coefficient (Wildman–Crippen LogP) is 3.22. The number of hydrogen-bond acceptors (Lipinski definition) is 6. The molecule has 3 rings (SSSR count). The quantitative estimate of drug-likeness (QED) is 0.565. The molecule has 2 amide bonds. The maximum atomic E-state index is 12.5. The summed E-state index contributed by atoms with van der Waals surface area (Å²) in [6, 6.07) is 10.8. The van der Waals surface area contributed by atoms with Crippen LogP contribution in [0.1, 0.15) is 33.1 Å². The Morgan fingerprint density at radius 2 is 1.93 bits per heavy atom. The monoisotopic (exact) mass is 399 g/mol. The molecule has 2 N–H and O–H groups in total. The zero-order chi connectivity index (χ0) is 19.9. The van der Waals surface area contributed by atoms with E-state index in [4.69, 9.17) is 8.94 Å². The van der Waals surface area contributed by atoms with Crippen molar-refractivity contribution in [1.29, 1.82) is 0 Å². The van der Waals surface area contributed by atoms with E-state index in [2.05, 4.69) is 15.8 Å².